The summed E-state index contributed by atoms with van der Waals surface area (Å²) in [5.74, 6) is 1.08. The largest absolute Gasteiger partial charge is 0.493 e. The monoisotopic (exact) mass is 382 g/mol. The van der Waals surface area contributed by atoms with Crippen LogP contribution in [0.15, 0.2) is 54.6 Å². The number of hydrogen-bond donors (Lipinski definition) is 1. The molecule has 0 atom stereocenters. The van der Waals surface area contributed by atoms with Gasteiger partial charge in [-0.15, -0.1) is 0 Å². The number of carbonyl (C=O) groups excluding carboxylic acids is 2. The van der Waals surface area contributed by atoms with Crippen LogP contribution in [0.2, 0.25) is 0 Å². The standard InChI is InChI=1S/C22H26N2O4/c1-27-19-9-5-6-10-20(19)28-16-21(25)24-13-11-18(12-14-24)22(26)23-15-17-7-3-2-4-8-17/h2-10,18H,11-16H2,1H3,(H,23,26). The van der Waals surface area contributed by atoms with Gasteiger partial charge in [0.2, 0.25) is 5.91 Å². The van der Waals surface area contributed by atoms with Gasteiger partial charge in [0.15, 0.2) is 18.1 Å². The fourth-order valence-electron chi connectivity index (χ4n) is 3.29. The first kappa shape index (κ1) is 19.7. The van der Waals surface area contributed by atoms with E-state index in [1.54, 1.807) is 24.1 Å². The third-order valence-electron chi connectivity index (χ3n) is 4.95. The van der Waals surface area contributed by atoms with Crippen LogP contribution in [0.1, 0.15) is 18.4 Å². The van der Waals surface area contributed by atoms with E-state index in [0.29, 0.717) is 44.0 Å². The number of methoxy groups -OCH3 is 1. The molecular formula is C22H26N2O4. The lowest BCUT2D eigenvalue weighted by Gasteiger charge is -2.31. The molecule has 1 aliphatic rings. The van der Waals surface area contributed by atoms with Crippen molar-refractivity contribution in [3.63, 3.8) is 0 Å². The number of ether oxygens (including phenoxy) is 2. The molecule has 1 fully saturated rings. The van der Waals surface area contributed by atoms with Gasteiger partial charge in [0.25, 0.3) is 5.91 Å². The predicted octanol–water partition coefficient (Wildman–Crippen LogP) is 2.63. The Balaban J connectivity index is 1.41. The molecule has 0 bridgehead atoms. The molecular weight excluding hydrogens is 356 g/mol. The summed E-state index contributed by atoms with van der Waals surface area (Å²) in [5, 5.41) is 2.99. The quantitative estimate of drug-likeness (QED) is 0.799. The number of likely N-dealkylation sites (tertiary alicyclic amines) is 1. The van der Waals surface area contributed by atoms with Crippen LogP contribution >= 0.6 is 0 Å². The molecule has 1 heterocycles. The van der Waals surface area contributed by atoms with E-state index in [1.807, 2.05) is 42.5 Å². The minimum atomic E-state index is -0.0750. The van der Waals surface area contributed by atoms with Crippen LogP contribution in [0.3, 0.4) is 0 Å². The van der Waals surface area contributed by atoms with Gasteiger partial charge in [-0.3, -0.25) is 9.59 Å². The normalized spacial score (nSPS) is 14.4. The number of para-hydroxylation sites is 2. The maximum Gasteiger partial charge on any atom is 0.260 e. The molecule has 148 valence electrons. The molecule has 2 aromatic rings. The highest BCUT2D eigenvalue weighted by Crippen LogP contribution is 2.26. The molecule has 6 nitrogen and oxygen atoms in total. The Hall–Kier alpha value is -3.02. The maximum atomic E-state index is 12.4. The van der Waals surface area contributed by atoms with Crippen molar-refractivity contribution >= 4 is 11.8 Å². The molecule has 0 saturated carbocycles. The number of hydrogen-bond acceptors (Lipinski definition) is 4. The van der Waals surface area contributed by atoms with Crippen LogP contribution in [-0.4, -0.2) is 43.5 Å². The molecule has 0 radical (unpaired) electrons. The third kappa shape index (κ3) is 5.25. The number of carbonyl (C=O) groups is 2. The average molecular weight is 382 g/mol. The molecule has 0 unspecified atom stereocenters. The summed E-state index contributed by atoms with van der Waals surface area (Å²) >= 11 is 0. The summed E-state index contributed by atoms with van der Waals surface area (Å²) in [6.07, 6.45) is 1.34. The van der Waals surface area contributed by atoms with Crippen molar-refractivity contribution in [2.24, 2.45) is 5.92 Å². The van der Waals surface area contributed by atoms with E-state index in [2.05, 4.69) is 5.32 Å². The van der Waals surface area contributed by atoms with Gasteiger partial charge in [-0.05, 0) is 30.5 Å². The van der Waals surface area contributed by atoms with Gasteiger partial charge in [0.1, 0.15) is 0 Å². The van der Waals surface area contributed by atoms with Crippen molar-refractivity contribution < 1.29 is 19.1 Å². The molecule has 6 heteroatoms. The van der Waals surface area contributed by atoms with E-state index in [-0.39, 0.29) is 24.3 Å². The summed E-state index contributed by atoms with van der Waals surface area (Å²) < 4.78 is 10.8. The van der Waals surface area contributed by atoms with Gasteiger partial charge in [-0.25, -0.2) is 0 Å². The zero-order valence-corrected chi connectivity index (χ0v) is 16.1. The van der Waals surface area contributed by atoms with Crippen molar-refractivity contribution in [1.82, 2.24) is 10.2 Å². The summed E-state index contributed by atoms with van der Waals surface area (Å²) in [7, 11) is 1.57. The zero-order chi connectivity index (χ0) is 19.8. The van der Waals surface area contributed by atoms with Crippen molar-refractivity contribution in [1.29, 1.82) is 0 Å². The minimum Gasteiger partial charge on any atom is -0.493 e. The first-order chi connectivity index (χ1) is 13.7. The van der Waals surface area contributed by atoms with Crippen LogP contribution in [-0.2, 0) is 16.1 Å². The fraction of sp³-hybridized carbons (Fsp3) is 0.364. The maximum absolute atomic E-state index is 12.4. The van der Waals surface area contributed by atoms with Gasteiger partial charge in [-0.2, -0.15) is 0 Å². The lowest BCUT2D eigenvalue weighted by atomic mass is 9.96. The Morgan fingerprint density at radius 3 is 2.32 bits per heavy atom. The minimum absolute atomic E-state index is 0.0365. The number of nitrogens with zero attached hydrogens (tertiary/aromatic N) is 1. The number of nitrogens with one attached hydrogen (secondary N) is 1. The lowest BCUT2D eigenvalue weighted by molar-refractivity contribution is -0.137. The molecule has 1 N–H and O–H groups in total. The molecule has 0 spiro atoms. The molecule has 3 rings (SSSR count). The first-order valence-corrected chi connectivity index (χ1v) is 9.52. The van der Waals surface area contributed by atoms with E-state index in [1.165, 1.54) is 0 Å². The summed E-state index contributed by atoms with van der Waals surface area (Å²) in [5.41, 5.74) is 1.08. The number of piperidine rings is 1. The molecule has 1 aliphatic heterocycles. The third-order valence-corrected chi connectivity index (χ3v) is 4.95. The van der Waals surface area contributed by atoms with Crippen LogP contribution in [0.25, 0.3) is 0 Å². The Labute approximate surface area is 165 Å². The Morgan fingerprint density at radius 2 is 1.64 bits per heavy atom. The summed E-state index contributed by atoms with van der Waals surface area (Å²) in [6.45, 7) is 1.63. The molecule has 2 aromatic carbocycles. The first-order valence-electron chi connectivity index (χ1n) is 9.52. The highest BCUT2D eigenvalue weighted by atomic mass is 16.5. The molecule has 0 aromatic heterocycles. The predicted molar refractivity (Wildman–Crippen MR) is 106 cm³/mol. The van der Waals surface area contributed by atoms with E-state index >= 15 is 0 Å². The van der Waals surface area contributed by atoms with Crippen molar-refractivity contribution in [3.8, 4) is 11.5 Å². The summed E-state index contributed by atoms with van der Waals surface area (Å²) in [4.78, 5) is 26.6. The SMILES string of the molecule is COc1ccccc1OCC(=O)N1CCC(C(=O)NCc2ccccc2)CC1. The fourth-order valence-corrected chi connectivity index (χ4v) is 3.29. The van der Waals surface area contributed by atoms with E-state index in [0.717, 1.165) is 5.56 Å². The van der Waals surface area contributed by atoms with E-state index < -0.39 is 0 Å². The molecule has 2 amide bonds. The van der Waals surface area contributed by atoms with Crippen LogP contribution in [0.4, 0.5) is 0 Å². The average Bonchev–Trinajstić information content (AvgIpc) is 2.76. The Bertz CT molecular complexity index is 786. The Kier molecular flexibility index (Phi) is 6.89. The second kappa shape index (κ2) is 9.78. The summed E-state index contributed by atoms with van der Waals surface area (Å²) in [6, 6.07) is 17.1. The van der Waals surface area contributed by atoms with Crippen LogP contribution in [0.5, 0.6) is 11.5 Å². The van der Waals surface area contributed by atoms with Crippen molar-refractivity contribution in [3.05, 3.63) is 60.2 Å². The second-order valence-electron chi connectivity index (χ2n) is 6.80. The smallest absolute Gasteiger partial charge is 0.260 e. The highest BCUT2D eigenvalue weighted by molar-refractivity contribution is 5.80. The topological polar surface area (TPSA) is 67.9 Å². The van der Waals surface area contributed by atoms with Gasteiger partial charge < -0.3 is 19.7 Å². The van der Waals surface area contributed by atoms with Gasteiger partial charge in [0.05, 0.1) is 7.11 Å². The number of benzene rings is 2. The number of rotatable bonds is 7. The second-order valence-corrected chi connectivity index (χ2v) is 6.80. The van der Waals surface area contributed by atoms with Crippen LogP contribution < -0.4 is 14.8 Å². The highest BCUT2D eigenvalue weighted by Gasteiger charge is 2.27. The number of amides is 2. The van der Waals surface area contributed by atoms with E-state index in [9.17, 15) is 9.59 Å². The lowest BCUT2D eigenvalue weighted by Crippen LogP contribution is -2.44. The van der Waals surface area contributed by atoms with Crippen molar-refractivity contribution in [2.75, 3.05) is 26.8 Å². The van der Waals surface area contributed by atoms with Gasteiger partial charge in [0, 0.05) is 25.6 Å². The van der Waals surface area contributed by atoms with Gasteiger partial charge >= 0.3 is 0 Å². The molecule has 1 saturated heterocycles. The molecule has 28 heavy (non-hydrogen) atoms. The zero-order valence-electron chi connectivity index (χ0n) is 16.1. The van der Waals surface area contributed by atoms with E-state index in [4.69, 9.17) is 9.47 Å². The van der Waals surface area contributed by atoms with Crippen molar-refractivity contribution in [2.45, 2.75) is 19.4 Å². The Morgan fingerprint density at radius 1 is 1.00 bits per heavy atom. The molecule has 0 aliphatic carbocycles. The van der Waals surface area contributed by atoms with Crippen LogP contribution in [0, 0.1) is 5.92 Å². The van der Waals surface area contributed by atoms with Gasteiger partial charge in [-0.1, -0.05) is 42.5 Å².